The Labute approximate surface area is 126 Å². The number of rotatable bonds is 4. The van der Waals surface area contributed by atoms with Gasteiger partial charge in [-0.05, 0) is 24.6 Å². The molecule has 0 heterocycles. The molecule has 9 heteroatoms. The van der Waals surface area contributed by atoms with Crippen molar-refractivity contribution in [3.63, 3.8) is 0 Å². The van der Waals surface area contributed by atoms with Gasteiger partial charge in [-0.3, -0.25) is 0 Å². The molecule has 0 aliphatic rings. The number of halogens is 4. The van der Waals surface area contributed by atoms with Crippen molar-refractivity contribution in [2.24, 2.45) is 0 Å². The number of urea groups is 1. The van der Waals surface area contributed by atoms with Gasteiger partial charge in [-0.25, -0.2) is 9.59 Å². The van der Waals surface area contributed by atoms with Gasteiger partial charge in [0.2, 0.25) is 0 Å². The van der Waals surface area contributed by atoms with E-state index in [0.717, 1.165) is 12.1 Å². The van der Waals surface area contributed by atoms with E-state index < -0.39 is 35.5 Å². The van der Waals surface area contributed by atoms with Crippen molar-refractivity contribution >= 4 is 33.6 Å². The number of alkyl halides is 3. The summed E-state index contributed by atoms with van der Waals surface area (Å²) in [5.74, 6) is -1.26. The Hall–Kier alpha value is -1.77. The van der Waals surface area contributed by atoms with Gasteiger partial charge in [0.25, 0.3) is 0 Å². The molecule has 0 aliphatic carbocycles. The molecule has 1 rings (SSSR count). The summed E-state index contributed by atoms with van der Waals surface area (Å²) in [6.45, 7) is 1.53. The normalized spacial score (nSPS) is 12.6. The molecule has 116 valence electrons. The van der Waals surface area contributed by atoms with E-state index in [1.54, 1.807) is 0 Å². The van der Waals surface area contributed by atoms with Crippen LogP contribution in [0.25, 0.3) is 0 Å². The summed E-state index contributed by atoms with van der Waals surface area (Å²) in [5, 5.41) is 12.9. The van der Waals surface area contributed by atoms with Gasteiger partial charge in [-0.15, -0.1) is 0 Å². The third-order valence-electron chi connectivity index (χ3n) is 2.55. The molecule has 1 aromatic carbocycles. The molecule has 0 fully saturated rings. The van der Waals surface area contributed by atoms with Crippen molar-refractivity contribution in [2.45, 2.75) is 25.6 Å². The third-order valence-corrected chi connectivity index (χ3v) is 3.04. The highest BCUT2D eigenvalue weighted by molar-refractivity contribution is 9.10. The zero-order valence-corrected chi connectivity index (χ0v) is 12.4. The Bertz CT molecular complexity index is 549. The highest BCUT2D eigenvalue weighted by atomic mass is 79.9. The lowest BCUT2D eigenvalue weighted by atomic mass is 10.1. The summed E-state index contributed by atoms with van der Waals surface area (Å²) in [7, 11) is 0. The smallest absolute Gasteiger partial charge is 0.418 e. The van der Waals surface area contributed by atoms with E-state index in [1.165, 1.54) is 13.0 Å². The van der Waals surface area contributed by atoms with E-state index >= 15 is 0 Å². The second kappa shape index (κ2) is 6.79. The van der Waals surface area contributed by atoms with Gasteiger partial charge in [0.05, 0.1) is 11.3 Å². The monoisotopic (exact) mass is 368 g/mol. The Kier molecular flexibility index (Phi) is 5.59. The number of carbonyl (C=O) groups is 2. The summed E-state index contributed by atoms with van der Waals surface area (Å²) in [6.07, 6.45) is -4.54. The molecule has 0 radical (unpaired) electrons. The minimum Gasteiger partial charge on any atom is -0.480 e. The van der Waals surface area contributed by atoms with Crippen LogP contribution in [0.5, 0.6) is 0 Å². The summed E-state index contributed by atoms with van der Waals surface area (Å²) in [4.78, 5) is 22.3. The summed E-state index contributed by atoms with van der Waals surface area (Å²) >= 11 is 2.92. The molecule has 0 aromatic heterocycles. The van der Waals surface area contributed by atoms with Crippen LogP contribution in [0.15, 0.2) is 22.7 Å². The van der Waals surface area contributed by atoms with Gasteiger partial charge in [0.15, 0.2) is 0 Å². The number of nitrogens with one attached hydrogen (secondary N) is 2. The number of carboxylic acids is 1. The fraction of sp³-hybridized carbons (Fsp3) is 0.333. The van der Waals surface area contributed by atoms with E-state index in [-0.39, 0.29) is 10.9 Å². The maximum Gasteiger partial charge on any atom is 0.418 e. The average Bonchev–Trinajstić information content (AvgIpc) is 2.36. The van der Waals surface area contributed by atoms with E-state index in [2.05, 4.69) is 21.2 Å². The molecule has 21 heavy (non-hydrogen) atoms. The van der Waals surface area contributed by atoms with Gasteiger partial charge >= 0.3 is 18.2 Å². The maximum atomic E-state index is 12.8. The largest absolute Gasteiger partial charge is 0.480 e. The number of amides is 2. The SMILES string of the molecule is CC[C@H](NC(=O)Nc1ccc(Br)cc1C(F)(F)F)C(=O)O. The first-order chi connectivity index (χ1) is 9.65. The van der Waals surface area contributed by atoms with E-state index in [0.29, 0.717) is 0 Å². The van der Waals surface area contributed by atoms with Crippen LogP contribution in [0.3, 0.4) is 0 Å². The van der Waals surface area contributed by atoms with Crippen molar-refractivity contribution in [1.29, 1.82) is 0 Å². The zero-order valence-electron chi connectivity index (χ0n) is 10.8. The molecule has 0 aliphatic heterocycles. The Morgan fingerprint density at radius 3 is 2.48 bits per heavy atom. The molecule has 0 saturated heterocycles. The highest BCUT2D eigenvalue weighted by Crippen LogP contribution is 2.36. The molecular formula is C12H12BrF3N2O3. The van der Waals surface area contributed by atoms with Crippen LogP contribution in [0, 0.1) is 0 Å². The predicted octanol–water partition coefficient (Wildman–Crippen LogP) is 3.45. The first-order valence-electron chi connectivity index (χ1n) is 5.82. The number of aliphatic carboxylic acids is 1. The molecule has 0 saturated carbocycles. The lowest BCUT2D eigenvalue weighted by Crippen LogP contribution is -2.42. The van der Waals surface area contributed by atoms with Crippen LogP contribution in [-0.2, 0) is 11.0 Å². The first kappa shape index (κ1) is 17.3. The fourth-order valence-electron chi connectivity index (χ4n) is 1.52. The number of carboxylic acid groups (broad SMARTS) is 1. The molecule has 5 nitrogen and oxygen atoms in total. The summed E-state index contributed by atoms with van der Waals surface area (Å²) < 4.78 is 38.8. The van der Waals surface area contributed by atoms with Gasteiger partial charge in [0, 0.05) is 4.47 Å². The molecule has 1 aromatic rings. The van der Waals surface area contributed by atoms with Gasteiger partial charge in [-0.1, -0.05) is 22.9 Å². The standard InChI is InChI=1S/C12H12BrF3N2O3/c1-2-8(10(19)20)17-11(21)18-9-4-3-6(13)5-7(9)12(14,15)16/h3-5,8H,2H2,1H3,(H,19,20)(H2,17,18,21)/t8-/m0/s1. The Balaban J connectivity index is 2.93. The van der Waals surface area contributed by atoms with Crippen LogP contribution in [0.2, 0.25) is 0 Å². The lowest BCUT2D eigenvalue weighted by Gasteiger charge is -2.16. The molecule has 3 N–H and O–H groups in total. The number of benzene rings is 1. The first-order valence-corrected chi connectivity index (χ1v) is 6.61. The van der Waals surface area contributed by atoms with E-state index in [9.17, 15) is 22.8 Å². The van der Waals surface area contributed by atoms with Crippen molar-refractivity contribution in [1.82, 2.24) is 5.32 Å². The van der Waals surface area contributed by atoms with Crippen molar-refractivity contribution in [3.05, 3.63) is 28.2 Å². The lowest BCUT2D eigenvalue weighted by molar-refractivity contribution is -0.139. The van der Waals surface area contributed by atoms with Crippen LogP contribution in [0.1, 0.15) is 18.9 Å². The van der Waals surface area contributed by atoms with Crippen LogP contribution < -0.4 is 10.6 Å². The Morgan fingerprint density at radius 1 is 1.38 bits per heavy atom. The second-order valence-corrected chi connectivity index (χ2v) is 5.00. The second-order valence-electron chi connectivity index (χ2n) is 4.09. The Morgan fingerprint density at radius 2 is 2.00 bits per heavy atom. The summed E-state index contributed by atoms with van der Waals surface area (Å²) in [5.41, 5.74) is -1.49. The zero-order chi connectivity index (χ0) is 16.2. The maximum absolute atomic E-state index is 12.8. The summed E-state index contributed by atoms with van der Waals surface area (Å²) in [6, 6.07) is 1.05. The van der Waals surface area contributed by atoms with Crippen LogP contribution >= 0.6 is 15.9 Å². The van der Waals surface area contributed by atoms with Gasteiger partial charge in [-0.2, -0.15) is 13.2 Å². The quantitative estimate of drug-likeness (QED) is 0.761. The van der Waals surface area contributed by atoms with E-state index in [4.69, 9.17) is 5.11 Å². The molecule has 0 bridgehead atoms. The van der Waals surface area contributed by atoms with Crippen LogP contribution in [0.4, 0.5) is 23.7 Å². The van der Waals surface area contributed by atoms with Crippen LogP contribution in [-0.4, -0.2) is 23.1 Å². The number of anilines is 1. The van der Waals surface area contributed by atoms with Gasteiger partial charge < -0.3 is 15.7 Å². The van der Waals surface area contributed by atoms with Crippen molar-refractivity contribution in [3.8, 4) is 0 Å². The molecule has 0 unspecified atom stereocenters. The van der Waals surface area contributed by atoms with Crippen molar-refractivity contribution < 1.29 is 27.9 Å². The predicted molar refractivity (Wildman–Crippen MR) is 73.0 cm³/mol. The molecular weight excluding hydrogens is 357 g/mol. The topological polar surface area (TPSA) is 78.4 Å². The van der Waals surface area contributed by atoms with Crippen molar-refractivity contribution in [2.75, 3.05) is 5.32 Å². The minimum atomic E-state index is -4.65. The fourth-order valence-corrected chi connectivity index (χ4v) is 1.88. The number of carbonyl (C=O) groups excluding carboxylic acids is 1. The molecule has 1 atom stereocenters. The van der Waals surface area contributed by atoms with Gasteiger partial charge in [0.1, 0.15) is 6.04 Å². The average molecular weight is 369 g/mol. The highest BCUT2D eigenvalue weighted by Gasteiger charge is 2.34. The van der Waals surface area contributed by atoms with E-state index in [1.807, 2.05) is 5.32 Å². The third kappa shape index (κ3) is 4.92. The number of hydrogen-bond acceptors (Lipinski definition) is 2. The minimum absolute atomic E-state index is 0.106. The molecule has 2 amide bonds. The number of hydrogen-bond donors (Lipinski definition) is 3. The molecule has 0 spiro atoms.